The number of carbonyl (C=O) groups excluding carboxylic acids is 3. The molecule has 0 spiro atoms. The first-order chi connectivity index (χ1) is 13.6. The minimum Gasteiger partial charge on any atom is -0.452 e. The zero-order valence-corrected chi connectivity index (χ0v) is 16.0. The van der Waals surface area contributed by atoms with Gasteiger partial charge in [-0.25, -0.2) is 4.79 Å². The molecule has 0 bridgehead atoms. The molecule has 0 radical (unpaired) electrons. The molecule has 1 aliphatic rings. The molecule has 2 aromatic carbocycles. The number of ether oxygens (including phenoxy) is 1. The Hall–Kier alpha value is -2.95. The van der Waals surface area contributed by atoms with E-state index in [1.54, 1.807) is 48.5 Å². The van der Waals surface area contributed by atoms with Gasteiger partial charge in [-0.15, -0.1) is 0 Å². The molecule has 1 fully saturated rings. The van der Waals surface area contributed by atoms with Gasteiger partial charge in [0.25, 0.3) is 5.91 Å². The molecule has 28 heavy (non-hydrogen) atoms. The van der Waals surface area contributed by atoms with E-state index in [4.69, 9.17) is 4.74 Å². The van der Waals surface area contributed by atoms with Gasteiger partial charge in [0.2, 0.25) is 0 Å². The summed E-state index contributed by atoms with van der Waals surface area (Å²) in [5, 5.41) is 2.96. The first kappa shape index (κ1) is 19.8. The van der Waals surface area contributed by atoms with E-state index in [1.165, 1.54) is 6.42 Å². The lowest BCUT2D eigenvalue weighted by Gasteiger charge is -2.29. The Morgan fingerprint density at radius 3 is 2.29 bits per heavy atom. The van der Waals surface area contributed by atoms with E-state index in [9.17, 15) is 14.4 Å². The molecule has 146 valence electrons. The summed E-state index contributed by atoms with van der Waals surface area (Å²) in [5.74, 6) is -0.808. The largest absolute Gasteiger partial charge is 0.452 e. The van der Waals surface area contributed by atoms with Crippen molar-refractivity contribution in [1.82, 2.24) is 5.32 Å². The molecule has 0 aromatic heterocycles. The summed E-state index contributed by atoms with van der Waals surface area (Å²) in [4.78, 5) is 37.4. The highest BCUT2D eigenvalue weighted by Gasteiger charge is 2.24. The van der Waals surface area contributed by atoms with Crippen LogP contribution < -0.4 is 5.32 Å². The topological polar surface area (TPSA) is 72.5 Å². The molecule has 0 saturated heterocycles. The Labute approximate surface area is 165 Å². The van der Waals surface area contributed by atoms with Crippen molar-refractivity contribution in [2.75, 3.05) is 6.61 Å². The molecular formula is C23H25NO4. The maximum Gasteiger partial charge on any atom is 0.339 e. The van der Waals surface area contributed by atoms with Crippen molar-refractivity contribution in [1.29, 1.82) is 0 Å². The standard InChI is InChI=1S/C23H25NO4/c1-16-9-5-8-14-20(16)24-21(25)15-28-23(27)19-13-7-6-12-18(19)22(26)17-10-3-2-4-11-17/h2-4,6-7,10-13,16,20H,5,8-9,14-15H2,1H3,(H,24,25)/t16-,20+/m0/s1. The molecule has 5 nitrogen and oxygen atoms in total. The van der Waals surface area contributed by atoms with Crippen LogP contribution in [0.5, 0.6) is 0 Å². The molecule has 0 unspecified atom stereocenters. The van der Waals surface area contributed by atoms with E-state index in [0.29, 0.717) is 11.5 Å². The molecule has 5 heteroatoms. The average molecular weight is 379 g/mol. The van der Waals surface area contributed by atoms with Gasteiger partial charge in [-0.1, -0.05) is 68.3 Å². The number of ketones is 1. The highest BCUT2D eigenvalue weighted by molar-refractivity contribution is 6.14. The Bertz CT molecular complexity index is 847. The second-order valence-corrected chi connectivity index (χ2v) is 7.25. The van der Waals surface area contributed by atoms with Crippen molar-refractivity contribution in [2.45, 2.75) is 38.6 Å². The van der Waals surface area contributed by atoms with Crippen LogP contribution >= 0.6 is 0 Å². The summed E-state index contributed by atoms with van der Waals surface area (Å²) < 4.78 is 5.19. The van der Waals surface area contributed by atoms with Gasteiger partial charge in [-0.2, -0.15) is 0 Å². The van der Waals surface area contributed by atoms with Gasteiger partial charge >= 0.3 is 5.97 Å². The third-order valence-corrected chi connectivity index (χ3v) is 5.22. The predicted molar refractivity (Wildman–Crippen MR) is 106 cm³/mol. The third kappa shape index (κ3) is 4.85. The van der Waals surface area contributed by atoms with Crippen LogP contribution in [-0.4, -0.2) is 30.3 Å². The number of rotatable bonds is 6. The van der Waals surface area contributed by atoms with E-state index in [2.05, 4.69) is 12.2 Å². The fourth-order valence-electron chi connectivity index (χ4n) is 3.59. The maximum atomic E-state index is 12.7. The van der Waals surface area contributed by atoms with Gasteiger partial charge in [-0.05, 0) is 24.8 Å². The van der Waals surface area contributed by atoms with E-state index in [-0.39, 0.29) is 35.5 Å². The smallest absolute Gasteiger partial charge is 0.339 e. The second kappa shape index (κ2) is 9.31. The third-order valence-electron chi connectivity index (χ3n) is 5.22. The van der Waals surface area contributed by atoms with E-state index in [0.717, 1.165) is 19.3 Å². The fourth-order valence-corrected chi connectivity index (χ4v) is 3.59. The van der Waals surface area contributed by atoms with Crippen LogP contribution in [0, 0.1) is 5.92 Å². The van der Waals surface area contributed by atoms with Crippen molar-refractivity contribution >= 4 is 17.7 Å². The summed E-state index contributed by atoms with van der Waals surface area (Å²) in [5.41, 5.74) is 0.918. The van der Waals surface area contributed by atoms with Crippen LogP contribution in [0.15, 0.2) is 54.6 Å². The number of hydrogen-bond donors (Lipinski definition) is 1. The first-order valence-electron chi connectivity index (χ1n) is 9.71. The highest BCUT2D eigenvalue weighted by atomic mass is 16.5. The molecule has 1 aliphatic carbocycles. The van der Waals surface area contributed by atoms with E-state index >= 15 is 0 Å². The lowest BCUT2D eigenvalue weighted by atomic mass is 9.86. The molecule has 0 heterocycles. The number of esters is 1. The fraction of sp³-hybridized carbons (Fsp3) is 0.348. The molecule has 1 amide bonds. The zero-order chi connectivity index (χ0) is 19.9. The van der Waals surface area contributed by atoms with E-state index < -0.39 is 5.97 Å². The van der Waals surface area contributed by atoms with Crippen LogP contribution in [-0.2, 0) is 9.53 Å². The van der Waals surface area contributed by atoms with Gasteiger partial charge in [0.05, 0.1) is 5.56 Å². The average Bonchev–Trinajstić information content (AvgIpc) is 2.74. The summed E-state index contributed by atoms with van der Waals surface area (Å²) in [7, 11) is 0. The summed E-state index contributed by atoms with van der Waals surface area (Å²) in [6, 6.07) is 15.4. The van der Waals surface area contributed by atoms with Gasteiger partial charge < -0.3 is 10.1 Å². The Morgan fingerprint density at radius 2 is 1.57 bits per heavy atom. The van der Waals surface area contributed by atoms with Gasteiger partial charge in [-0.3, -0.25) is 9.59 Å². The lowest BCUT2D eigenvalue weighted by molar-refractivity contribution is -0.125. The molecule has 0 aliphatic heterocycles. The summed E-state index contributed by atoms with van der Waals surface area (Å²) >= 11 is 0. The molecule has 2 atom stereocenters. The minimum atomic E-state index is -0.674. The monoisotopic (exact) mass is 379 g/mol. The van der Waals surface area contributed by atoms with E-state index in [1.807, 2.05) is 6.07 Å². The van der Waals surface area contributed by atoms with Crippen molar-refractivity contribution < 1.29 is 19.1 Å². The Balaban J connectivity index is 1.63. The lowest BCUT2D eigenvalue weighted by Crippen LogP contribution is -2.42. The number of benzene rings is 2. The van der Waals surface area contributed by atoms with Gasteiger partial charge in [0.1, 0.15) is 0 Å². The number of amides is 1. The molecule has 1 saturated carbocycles. The Kier molecular flexibility index (Phi) is 6.58. The number of nitrogens with one attached hydrogen (secondary N) is 1. The normalized spacial score (nSPS) is 18.9. The molecule has 1 N–H and O–H groups in total. The minimum absolute atomic E-state index is 0.131. The van der Waals surface area contributed by atoms with Crippen LogP contribution in [0.2, 0.25) is 0 Å². The zero-order valence-electron chi connectivity index (χ0n) is 16.0. The highest BCUT2D eigenvalue weighted by Crippen LogP contribution is 2.23. The van der Waals surface area contributed by atoms with Crippen molar-refractivity contribution in [3.8, 4) is 0 Å². The van der Waals surface area contributed by atoms with Gasteiger partial charge in [0, 0.05) is 17.2 Å². The number of carbonyl (C=O) groups is 3. The van der Waals surface area contributed by atoms with Crippen molar-refractivity contribution in [3.63, 3.8) is 0 Å². The SMILES string of the molecule is C[C@H]1CCCC[C@H]1NC(=O)COC(=O)c1ccccc1C(=O)c1ccccc1. The Morgan fingerprint density at radius 1 is 0.929 bits per heavy atom. The maximum absolute atomic E-state index is 12.7. The molecular weight excluding hydrogens is 354 g/mol. The summed E-state index contributed by atoms with van der Waals surface area (Å²) in [6.07, 6.45) is 4.34. The quantitative estimate of drug-likeness (QED) is 0.613. The van der Waals surface area contributed by atoms with Crippen LogP contribution in [0.3, 0.4) is 0 Å². The number of hydrogen-bond acceptors (Lipinski definition) is 4. The van der Waals surface area contributed by atoms with Crippen molar-refractivity contribution in [2.24, 2.45) is 5.92 Å². The summed E-state index contributed by atoms with van der Waals surface area (Å²) in [6.45, 7) is 1.78. The van der Waals surface area contributed by atoms with Crippen LogP contribution in [0.4, 0.5) is 0 Å². The first-order valence-corrected chi connectivity index (χ1v) is 9.71. The molecule has 2 aromatic rings. The van der Waals surface area contributed by atoms with Crippen LogP contribution in [0.1, 0.15) is 58.9 Å². The van der Waals surface area contributed by atoms with Crippen molar-refractivity contribution in [3.05, 3.63) is 71.3 Å². The second-order valence-electron chi connectivity index (χ2n) is 7.25. The predicted octanol–water partition coefficient (Wildman–Crippen LogP) is 3.77. The van der Waals surface area contributed by atoms with Gasteiger partial charge in [0.15, 0.2) is 12.4 Å². The van der Waals surface area contributed by atoms with Crippen LogP contribution in [0.25, 0.3) is 0 Å². The molecule has 3 rings (SSSR count).